The second-order valence-corrected chi connectivity index (χ2v) is 4.37. The summed E-state index contributed by atoms with van der Waals surface area (Å²) in [6.45, 7) is -1.28. The summed E-state index contributed by atoms with van der Waals surface area (Å²) in [4.78, 5) is 13.1. The number of nitrogen functional groups attached to an aromatic ring is 1. The van der Waals surface area contributed by atoms with E-state index in [1.165, 1.54) is 4.90 Å². The van der Waals surface area contributed by atoms with Crippen molar-refractivity contribution in [2.75, 3.05) is 26.0 Å². The average molecular weight is 290 g/mol. The number of nitrogens with zero attached hydrogens (tertiary/aromatic N) is 1. The van der Waals surface area contributed by atoms with Crippen LogP contribution in [0.25, 0.3) is 0 Å². The van der Waals surface area contributed by atoms with Gasteiger partial charge in [-0.1, -0.05) is 18.2 Å². The standard InChI is InChI=1S/C13H17F3N2O2/c1-18(8-10-4-2-3-5-11(10)17)12(19)6-7-20-9-13(14,15)16/h2-5H,6-9,17H2,1H3. The van der Waals surface area contributed by atoms with Gasteiger partial charge >= 0.3 is 6.18 Å². The number of rotatable bonds is 6. The number of carbonyl (C=O) groups is 1. The van der Waals surface area contributed by atoms with Gasteiger partial charge in [-0.3, -0.25) is 4.79 Å². The van der Waals surface area contributed by atoms with Gasteiger partial charge in [0.25, 0.3) is 0 Å². The lowest BCUT2D eigenvalue weighted by Crippen LogP contribution is -2.28. The number of alkyl halides is 3. The third-order valence-electron chi connectivity index (χ3n) is 2.61. The number of benzene rings is 1. The first kappa shape index (κ1) is 16.3. The van der Waals surface area contributed by atoms with E-state index < -0.39 is 12.8 Å². The van der Waals surface area contributed by atoms with Gasteiger partial charge in [0.05, 0.1) is 13.0 Å². The zero-order chi connectivity index (χ0) is 15.2. The summed E-state index contributed by atoms with van der Waals surface area (Å²) in [7, 11) is 1.57. The summed E-state index contributed by atoms with van der Waals surface area (Å²) in [6, 6.07) is 7.10. The maximum Gasteiger partial charge on any atom is 0.411 e. The first-order chi connectivity index (χ1) is 9.29. The molecular weight excluding hydrogens is 273 g/mol. The van der Waals surface area contributed by atoms with Crippen molar-refractivity contribution in [2.45, 2.75) is 19.1 Å². The highest BCUT2D eigenvalue weighted by Crippen LogP contribution is 2.15. The molecule has 0 fully saturated rings. The van der Waals surface area contributed by atoms with Crippen molar-refractivity contribution in [2.24, 2.45) is 0 Å². The van der Waals surface area contributed by atoms with Gasteiger partial charge in [0.1, 0.15) is 6.61 Å². The third kappa shape index (κ3) is 5.92. The van der Waals surface area contributed by atoms with Gasteiger partial charge in [0.15, 0.2) is 0 Å². The normalized spacial score (nSPS) is 11.4. The van der Waals surface area contributed by atoms with Gasteiger partial charge in [-0.15, -0.1) is 0 Å². The fourth-order valence-corrected chi connectivity index (χ4v) is 1.56. The molecule has 0 atom stereocenters. The molecule has 0 aromatic heterocycles. The first-order valence-electron chi connectivity index (χ1n) is 6.01. The monoisotopic (exact) mass is 290 g/mol. The molecule has 1 aromatic rings. The smallest absolute Gasteiger partial charge is 0.398 e. The van der Waals surface area contributed by atoms with E-state index in [1.807, 2.05) is 0 Å². The van der Waals surface area contributed by atoms with E-state index in [4.69, 9.17) is 5.73 Å². The summed E-state index contributed by atoms with van der Waals surface area (Å²) in [6.07, 6.45) is -4.47. The van der Waals surface area contributed by atoms with Gasteiger partial charge in [-0.25, -0.2) is 0 Å². The second kappa shape index (κ2) is 7.14. The van der Waals surface area contributed by atoms with Crippen LogP contribution in [0.4, 0.5) is 18.9 Å². The van der Waals surface area contributed by atoms with Crippen molar-refractivity contribution in [3.8, 4) is 0 Å². The zero-order valence-corrected chi connectivity index (χ0v) is 11.1. The largest absolute Gasteiger partial charge is 0.411 e. The number of para-hydroxylation sites is 1. The van der Waals surface area contributed by atoms with Gasteiger partial charge in [0.2, 0.25) is 5.91 Å². The topological polar surface area (TPSA) is 55.6 Å². The molecule has 0 unspecified atom stereocenters. The lowest BCUT2D eigenvalue weighted by Gasteiger charge is -2.18. The van der Waals surface area contributed by atoms with Crippen LogP contribution in [-0.4, -0.2) is 37.2 Å². The molecule has 1 rings (SSSR count). The number of carbonyl (C=O) groups excluding carboxylic acids is 1. The van der Waals surface area contributed by atoms with Crippen LogP contribution in [0.2, 0.25) is 0 Å². The van der Waals surface area contributed by atoms with Crippen molar-refractivity contribution in [1.29, 1.82) is 0 Å². The fraction of sp³-hybridized carbons (Fsp3) is 0.462. The minimum absolute atomic E-state index is 0.0979. The number of ether oxygens (including phenoxy) is 1. The highest BCUT2D eigenvalue weighted by molar-refractivity contribution is 5.76. The summed E-state index contributed by atoms with van der Waals surface area (Å²) in [5.41, 5.74) is 7.11. The van der Waals surface area contributed by atoms with Crippen LogP contribution in [0.5, 0.6) is 0 Å². The zero-order valence-electron chi connectivity index (χ0n) is 11.1. The summed E-state index contributed by atoms with van der Waals surface area (Å²) in [5.74, 6) is -0.296. The van der Waals surface area contributed by atoms with E-state index >= 15 is 0 Å². The van der Waals surface area contributed by atoms with Gasteiger partial charge in [-0.2, -0.15) is 13.2 Å². The Bertz CT molecular complexity index is 449. The number of amides is 1. The van der Waals surface area contributed by atoms with E-state index in [1.54, 1.807) is 31.3 Å². The molecule has 0 radical (unpaired) electrons. The Kier molecular flexibility index (Phi) is 5.82. The van der Waals surface area contributed by atoms with E-state index in [9.17, 15) is 18.0 Å². The van der Waals surface area contributed by atoms with E-state index in [2.05, 4.69) is 4.74 Å². The van der Waals surface area contributed by atoms with Crippen LogP contribution in [0, 0.1) is 0 Å². The lowest BCUT2D eigenvalue weighted by atomic mass is 10.1. The predicted molar refractivity (Wildman–Crippen MR) is 68.8 cm³/mol. The average Bonchev–Trinajstić information content (AvgIpc) is 2.36. The number of halogens is 3. The number of hydrogen-bond donors (Lipinski definition) is 1. The molecule has 0 spiro atoms. The van der Waals surface area contributed by atoms with Crippen LogP contribution < -0.4 is 5.73 Å². The van der Waals surface area contributed by atoms with Crippen molar-refractivity contribution < 1.29 is 22.7 Å². The number of anilines is 1. The fourth-order valence-electron chi connectivity index (χ4n) is 1.56. The summed E-state index contributed by atoms with van der Waals surface area (Å²) >= 11 is 0. The first-order valence-corrected chi connectivity index (χ1v) is 6.01. The Balaban J connectivity index is 2.35. The molecule has 0 bridgehead atoms. The van der Waals surface area contributed by atoms with Crippen LogP contribution in [0.1, 0.15) is 12.0 Å². The molecule has 0 saturated carbocycles. The lowest BCUT2D eigenvalue weighted by molar-refractivity contribution is -0.175. The Labute approximate surface area is 115 Å². The maximum absolute atomic E-state index is 11.8. The summed E-state index contributed by atoms with van der Waals surface area (Å²) in [5, 5.41) is 0. The van der Waals surface area contributed by atoms with Gasteiger partial charge in [-0.05, 0) is 11.6 Å². The van der Waals surface area contributed by atoms with Crippen LogP contribution in [-0.2, 0) is 16.1 Å². The minimum atomic E-state index is -4.37. The van der Waals surface area contributed by atoms with E-state index in [0.29, 0.717) is 12.2 Å². The number of hydrogen-bond acceptors (Lipinski definition) is 3. The van der Waals surface area contributed by atoms with Crippen molar-refractivity contribution in [1.82, 2.24) is 4.90 Å². The Hall–Kier alpha value is -1.76. The van der Waals surface area contributed by atoms with E-state index in [-0.39, 0.29) is 18.9 Å². The highest BCUT2D eigenvalue weighted by Gasteiger charge is 2.27. The number of nitrogens with two attached hydrogens (primary N) is 1. The molecule has 0 aliphatic heterocycles. The van der Waals surface area contributed by atoms with Crippen LogP contribution >= 0.6 is 0 Å². The third-order valence-corrected chi connectivity index (χ3v) is 2.61. The molecule has 1 aromatic carbocycles. The van der Waals surface area contributed by atoms with Crippen LogP contribution in [0.3, 0.4) is 0 Å². The van der Waals surface area contributed by atoms with Crippen molar-refractivity contribution in [3.63, 3.8) is 0 Å². The van der Waals surface area contributed by atoms with E-state index in [0.717, 1.165) is 5.56 Å². The summed E-state index contributed by atoms with van der Waals surface area (Å²) < 4.78 is 39.9. The minimum Gasteiger partial charge on any atom is -0.398 e. The van der Waals surface area contributed by atoms with Crippen molar-refractivity contribution in [3.05, 3.63) is 29.8 Å². The molecule has 20 heavy (non-hydrogen) atoms. The Morgan fingerprint density at radius 3 is 2.60 bits per heavy atom. The molecule has 0 heterocycles. The van der Waals surface area contributed by atoms with Gasteiger partial charge in [0, 0.05) is 19.3 Å². The molecule has 112 valence electrons. The molecule has 4 nitrogen and oxygen atoms in total. The molecule has 1 amide bonds. The van der Waals surface area contributed by atoms with Crippen molar-refractivity contribution >= 4 is 11.6 Å². The Morgan fingerprint density at radius 2 is 2.00 bits per heavy atom. The van der Waals surface area contributed by atoms with Gasteiger partial charge < -0.3 is 15.4 Å². The predicted octanol–water partition coefficient (Wildman–Crippen LogP) is 2.20. The SMILES string of the molecule is CN(Cc1ccccc1N)C(=O)CCOCC(F)(F)F. The molecule has 0 aliphatic rings. The maximum atomic E-state index is 11.8. The second-order valence-electron chi connectivity index (χ2n) is 4.37. The molecular formula is C13H17F3N2O2. The molecule has 2 N–H and O–H groups in total. The molecule has 7 heteroatoms. The quantitative estimate of drug-likeness (QED) is 0.645. The Morgan fingerprint density at radius 1 is 1.35 bits per heavy atom. The van der Waals surface area contributed by atoms with Crippen LogP contribution in [0.15, 0.2) is 24.3 Å². The molecule has 0 saturated heterocycles. The highest BCUT2D eigenvalue weighted by atomic mass is 19.4. The molecule has 0 aliphatic carbocycles.